The van der Waals surface area contributed by atoms with Crippen LogP contribution in [0, 0.1) is 12.8 Å². The molecule has 1 aliphatic heterocycles. The van der Waals surface area contributed by atoms with Crippen LogP contribution in [0.15, 0.2) is 6.20 Å². The molecule has 4 heteroatoms. The van der Waals surface area contributed by atoms with E-state index in [4.69, 9.17) is 0 Å². The van der Waals surface area contributed by atoms with Gasteiger partial charge in [-0.1, -0.05) is 0 Å². The zero-order chi connectivity index (χ0) is 10.1. The molecule has 1 fully saturated rings. The predicted molar refractivity (Wildman–Crippen MR) is 57.7 cm³/mol. The Balaban J connectivity index is 2.21. The highest BCUT2D eigenvalue weighted by atomic mass is 32.2. The number of hydrogen-bond donors (Lipinski definition) is 0. The number of Topliss-reactive ketones (excluding diaryl/α,β-unsaturated/α-hetero) is 1. The third kappa shape index (κ3) is 1.71. The van der Waals surface area contributed by atoms with Crippen LogP contribution >= 0.6 is 11.8 Å². The zero-order valence-electron chi connectivity index (χ0n) is 8.49. The molecule has 0 amide bonds. The first-order valence-electron chi connectivity index (χ1n) is 4.80. The first-order valence-corrected chi connectivity index (χ1v) is 5.96. The van der Waals surface area contributed by atoms with E-state index in [0.29, 0.717) is 0 Å². The van der Waals surface area contributed by atoms with E-state index in [0.717, 1.165) is 29.2 Å². The maximum absolute atomic E-state index is 12.0. The Morgan fingerprint density at radius 3 is 3.00 bits per heavy atom. The Hall–Kier alpha value is -0.770. The van der Waals surface area contributed by atoms with Gasteiger partial charge in [0.15, 0.2) is 5.78 Å². The van der Waals surface area contributed by atoms with Crippen LogP contribution < -0.4 is 0 Å². The molecule has 0 aromatic carbocycles. The van der Waals surface area contributed by atoms with Gasteiger partial charge in [0.2, 0.25) is 0 Å². The van der Waals surface area contributed by atoms with Crippen molar-refractivity contribution >= 4 is 17.5 Å². The molecular formula is C10H14N2OS. The molecule has 0 radical (unpaired) electrons. The highest BCUT2D eigenvalue weighted by Gasteiger charge is 2.26. The fraction of sp³-hybridized carbons (Fsp3) is 0.600. The summed E-state index contributed by atoms with van der Waals surface area (Å²) in [6.45, 7) is 1.90. The minimum absolute atomic E-state index is 0.225. The lowest BCUT2D eigenvalue weighted by Crippen LogP contribution is -2.14. The predicted octanol–water partition coefficient (Wildman–Crippen LogP) is 1.66. The molecule has 1 aromatic heterocycles. The molecule has 1 aromatic rings. The van der Waals surface area contributed by atoms with Crippen molar-refractivity contribution < 1.29 is 4.79 Å². The number of hydrogen-bond acceptors (Lipinski definition) is 3. The van der Waals surface area contributed by atoms with Crippen molar-refractivity contribution in [2.75, 3.05) is 11.5 Å². The van der Waals surface area contributed by atoms with Crippen LogP contribution in [0.1, 0.15) is 22.5 Å². The average Bonchev–Trinajstić information content (AvgIpc) is 2.73. The Morgan fingerprint density at radius 1 is 1.71 bits per heavy atom. The van der Waals surface area contributed by atoms with Crippen molar-refractivity contribution in [2.24, 2.45) is 13.0 Å². The number of thioether (sulfide) groups is 1. The van der Waals surface area contributed by atoms with Gasteiger partial charge in [-0.2, -0.15) is 16.9 Å². The van der Waals surface area contributed by atoms with E-state index in [-0.39, 0.29) is 11.7 Å². The van der Waals surface area contributed by atoms with Gasteiger partial charge in [0.05, 0.1) is 11.3 Å². The first-order chi connectivity index (χ1) is 6.68. The van der Waals surface area contributed by atoms with Gasteiger partial charge in [0, 0.05) is 24.9 Å². The van der Waals surface area contributed by atoms with E-state index < -0.39 is 0 Å². The molecule has 2 heterocycles. The highest BCUT2D eigenvalue weighted by Crippen LogP contribution is 2.27. The van der Waals surface area contributed by atoms with Crippen LogP contribution in [0.3, 0.4) is 0 Å². The van der Waals surface area contributed by atoms with Gasteiger partial charge in [-0.15, -0.1) is 0 Å². The Labute approximate surface area is 87.9 Å². The monoisotopic (exact) mass is 210 g/mol. The molecule has 3 nitrogen and oxygen atoms in total. The van der Waals surface area contributed by atoms with Crippen LogP contribution in [0.5, 0.6) is 0 Å². The van der Waals surface area contributed by atoms with Crippen LogP contribution in [0.2, 0.25) is 0 Å². The van der Waals surface area contributed by atoms with Gasteiger partial charge in [0.25, 0.3) is 0 Å². The summed E-state index contributed by atoms with van der Waals surface area (Å²) in [5.41, 5.74) is 1.66. The highest BCUT2D eigenvalue weighted by molar-refractivity contribution is 7.99. The summed E-state index contributed by atoms with van der Waals surface area (Å²) in [7, 11) is 1.85. The van der Waals surface area contributed by atoms with Gasteiger partial charge >= 0.3 is 0 Å². The minimum Gasteiger partial charge on any atom is -0.294 e. The molecule has 1 unspecified atom stereocenters. The van der Waals surface area contributed by atoms with E-state index in [1.807, 2.05) is 31.9 Å². The van der Waals surface area contributed by atoms with Crippen LogP contribution in [0.25, 0.3) is 0 Å². The van der Waals surface area contributed by atoms with Crippen molar-refractivity contribution in [3.05, 3.63) is 17.5 Å². The maximum atomic E-state index is 12.0. The molecule has 0 saturated carbocycles. The van der Waals surface area contributed by atoms with E-state index in [2.05, 4.69) is 5.10 Å². The summed E-state index contributed by atoms with van der Waals surface area (Å²) in [4.78, 5) is 12.0. The number of aryl methyl sites for hydroxylation is 2. The molecule has 1 atom stereocenters. The zero-order valence-corrected chi connectivity index (χ0v) is 9.30. The lowest BCUT2D eigenvalue weighted by Gasteiger charge is -2.04. The molecule has 0 bridgehead atoms. The SMILES string of the molecule is Cc1nn(C)cc1C(=O)C1CCSC1. The molecule has 1 saturated heterocycles. The Bertz CT molecular complexity index is 353. The third-order valence-electron chi connectivity index (χ3n) is 2.58. The van der Waals surface area contributed by atoms with Gasteiger partial charge in [-0.05, 0) is 19.1 Å². The third-order valence-corrected chi connectivity index (χ3v) is 3.74. The van der Waals surface area contributed by atoms with Crippen molar-refractivity contribution in [1.29, 1.82) is 0 Å². The second kappa shape index (κ2) is 3.77. The smallest absolute Gasteiger partial charge is 0.170 e. The molecular weight excluding hydrogens is 196 g/mol. The van der Waals surface area contributed by atoms with Crippen LogP contribution in [-0.4, -0.2) is 27.1 Å². The molecule has 14 heavy (non-hydrogen) atoms. The first kappa shape index (κ1) is 9.77. The van der Waals surface area contributed by atoms with Gasteiger partial charge in [-0.25, -0.2) is 0 Å². The summed E-state index contributed by atoms with van der Waals surface area (Å²) >= 11 is 1.87. The lowest BCUT2D eigenvalue weighted by atomic mass is 9.98. The number of carbonyl (C=O) groups is 1. The Morgan fingerprint density at radius 2 is 2.50 bits per heavy atom. The number of nitrogens with zero attached hydrogens (tertiary/aromatic N) is 2. The van der Waals surface area contributed by atoms with E-state index >= 15 is 0 Å². The summed E-state index contributed by atoms with van der Waals surface area (Å²) in [5, 5.41) is 4.19. The summed E-state index contributed by atoms with van der Waals surface area (Å²) < 4.78 is 1.71. The average molecular weight is 210 g/mol. The van der Waals surface area contributed by atoms with Gasteiger partial charge in [-0.3, -0.25) is 9.48 Å². The van der Waals surface area contributed by atoms with E-state index in [1.54, 1.807) is 4.68 Å². The van der Waals surface area contributed by atoms with Crippen molar-refractivity contribution in [1.82, 2.24) is 9.78 Å². The summed E-state index contributed by atoms with van der Waals surface area (Å²) in [6.07, 6.45) is 2.86. The largest absolute Gasteiger partial charge is 0.294 e. The molecule has 0 spiro atoms. The maximum Gasteiger partial charge on any atom is 0.170 e. The topological polar surface area (TPSA) is 34.9 Å². The standard InChI is InChI=1S/C10H14N2OS/c1-7-9(5-12(2)11-7)10(13)8-3-4-14-6-8/h5,8H,3-4,6H2,1-2H3. The van der Waals surface area contributed by atoms with Gasteiger partial charge < -0.3 is 0 Å². The van der Waals surface area contributed by atoms with E-state index in [9.17, 15) is 4.79 Å². The van der Waals surface area contributed by atoms with Crippen LogP contribution in [-0.2, 0) is 7.05 Å². The molecule has 76 valence electrons. The molecule has 1 aliphatic rings. The number of rotatable bonds is 2. The number of ketones is 1. The van der Waals surface area contributed by atoms with Crippen molar-refractivity contribution in [2.45, 2.75) is 13.3 Å². The fourth-order valence-electron chi connectivity index (χ4n) is 1.80. The minimum atomic E-state index is 0.225. The molecule has 0 N–H and O–H groups in total. The summed E-state index contributed by atoms with van der Waals surface area (Å²) in [5.74, 6) is 2.60. The second-order valence-corrected chi connectivity index (χ2v) is 4.88. The molecule has 0 aliphatic carbocycles. The lowest BCUT2D eigenvalue weighted by molar-refractivity contribution is 0.0933. The molecule has 2 rings (SSSR count). The van der Waals surface area contributed by atoms with Crippen molar-refractivity contribution in [3.8, 4) is 0 Å². The van der Waals surface area contributed by atoms with Crippen LogP contribution in [0.4, 0.5) is 0 Å². The second-order valence-electron chi connectivity index (χ2n) is 3.73. The normalized spacial score (nSPS) is 21.4. The quantitative estimate of drug-likeness (QED) is 0.696. The number of carbonyl (C=O) groups excluding carboxylic acids is 1. The van der Waals surface area contributed by atoms with E-state index in [1.165, 1.54) is 0 Å². The van der Waals surface area contributed by atoms with Gasteiger partial charge in [0.1, 0.15) is 0 Å². The van der Waals surface area contributed by atoms with Crippen molar-refractivity contribution in [3.63, 3.8) is 0 Å². The fourth-order valence-corrected chi connectivity index (χ4v) is 3.02. The summed E-state index contributed by atoms with van der Waals surface area (Å²) in [6, 6.07) is 0. The Kier molecular flexibility index (Phi) is 2.63. The number of aromatic nitrogens is 2.